The van der Waals surface area contributed by atoms with Crippen molar-refractivity contribution >= 4 is 22.6 Å². The lowest BCUT2D eigenvalue weighted by Gasteiger charge is -2.32. The number of hydrogen-bond acceptors (Lipinski definition) is 5. The minimum absolute atomic E-state index is 0.00299. The summed E-state index contributed by atoms with van der Waals surface area (Å²) in [4.78, 5) is 31.9. The van der Waals surface area contributed by atoms with E-state index in [1.54, 1.807) is 32.2 Å². The number of carbonyl (C=O) groups is 2. The smallest absolute Gasteiger partial charge is 0.389 e. The molecule has 0 radical (unpaired) electrons. The van der Waals surface area contributed by atoms with Crippen LogP contribution in [-0.2, 0) is 6.54 Å². The van der Waals surface area contributed by atoms with Crippen LogP contribution in [0.15, 0.2) is 60.8 Å². The number of carbonyl (C=O) groups excluding carboxylic acids is 2. The maximum absolute atomic E-state index is 13.1. The van der Waals surface area contributed by atoms with E-state index in [9.17, 15) is 22.8 Å². The number of ether oxygens (including phenoxy) is 1. The molecule has 2 aromatic heterocycles. The molecule has 0 N–H and O–H groups in total. The molecule has 41 heavy (non-hydrogen) atoms. The highest BCUT2D eigenvalue weighted by Crippen LogP contribution is 2.28. The van der Waals surface area contributed by atoms with Crippen LogP contribution >= 0.6 is 0 Å². The fraction of sp³-hybridized carbons (Fsp3) is 0.355. The van der Waals surface area contributed by atoms with Crippen molar-refractivity contribution in [2.45, 2.75) is 45.3 Å². The van der Waals surface area contributed by atoms with Crippen molar-refractivity contribution in [2.75, 3.05) is 20.2 Å². The largest absolute Gasteiger partial charge is 0.481 e. The van der Waals surface area contributed by atoms with Gasteiger partial charge in [0, 0.05) is 60.4 Å². The molecule has 7 nitrogen and oxygen atoms in total. The third-order valence-corrected chi connectivity index (χ3v) is 7.65. The fourth-order valence-corrected chi connectivity index (χ4v) is 5.30. The van der Waals surface area contributed by atoms with Crippen molar-refractivity contribution in [3.05, 3.63) is 77.5 Å². The molecule has 5 rings (SSSR count). The van der Waals surface area contributed by atoms with E-state index in [1.807, 2.05) is 52.2 Å². The number of pyridine rings is 1. The third kappa shape index (κ3) is 6.58. The Labute approximate surface area is 235 Å². The summed E-state index contributed by atoms with van der Waals surface area (Å²) in [6, 6.07) is 16.2. The molecule has 0 saturated carbocycles. The van der Waals surface area contributed by atoms with Gasteiger partial charge in [-0.15, -0.1) is 0 Å². The monoisotopic (exact) mass is 564 g/mol. The molecular formula is C31H31F3N4O3. The van der Waals surface area contributed by atoms with Gasteiger partial charge in [-0.2, -0.15) is 18.3 Å². The summed E-state index contributed by atoms with van der Waals surface area (Å²) in [7, 11) is 1.57. The summed E-state index contributed by atoms with van der Waals surface area (Å²) in [5.41, 5.74) is 3.96. The number of ketones is 1. The lowest BCUT2D eigenvalue weighted by Crippen LogP contribution is -2.39. The second kappa shape index (κ2) is 11.7. The van der Waals surface area contributed by atoms with Crippen LogP contribution in [0.1, 0.15) is 52.0 Å². The number of amides is 1. The number of halogens is 3. The van der Waals surface area contributed by atoms with Crippen LogP contribution in [0, 0.1) is 12.8 Å². The second-order valence-electron chi connectivity index (χ2n) is 10.4. The fourth-order valence-electron chi connectivity index (χ4n) is 5.30. The molecule has 1 aliphatic rings. The zero-order valence-electron chi connectivity index (χ0n) is 22.9. The Hall–Kier alpha value is -4.21. The van der Waals surface area contributed by atoms with Gasteiger partial charge in [0.15, 0.2) is 5.78 Å². The highest BCUT2D eigenvalue weighted by Gasteiger charge is 2.29. The molecular weight excluding hydrogens is 533 g/mol. The highest BCUT2D eigenvalue weighted by molar-refractivity contribution is 6.01. The normalized spacial score (nSPS) is 14.4. The summed E-state index contributed by atoms with van der Waals surface area (Å²) in [6.07, 6.45) is -2.54. The van der Waals surface area contributed by atoms with Crippen LogP contribution in [0.25, 0.3) is 22.2 Å². The molecule has 1 aliphatic heterocycles. The first-order chi connectivity index (χ1) is 19.6. The number of aryl methyl sites for hydroxylation is 1. The molecule has 10 heteroatoms. The van der Waals surface area contributed by atoms with Crippen LogP contribution in [0.2, 0.25) is 0 Å². The maximum Gasteiger partial charge on any atom is 0.389 e. The van der Waals surface area contributed by atoms with Crippen molar-refractivity contribution in [2.24, 2.45) is 5.92 Å². The van der Waals surface area contributed by atoms with E-state index >= 15 is 0 Å². The van der Waals surface area contributed by atoms with E-state index in [4.69, 9.17) is 4.74 Å². The minimum atomic E-state index is -4.36. The molecule has 0 aliphatic carbocycles. The van der Waals surface area contributed by atoms with Crippen molar-refractivity contribution in [1.82, 2.24) is 19.7 Å². The van der Waals surface area contributed by atoms with Gasteiger partial charge in [0.2, 0.25) is 5.88 Å². The predicted octanol–water partition coefficient (Wildman–Crippen LogP) is 6.49. The van der Waals surface area contributed by atoms with E-state index < -0.39 is 24.8 Å². The van der Waals surface area contributed by atoms with Gasteiger partial charge in [0.05, 0.1) is 24.7 Å². The Kier molecular flexibility index (Phi) is 8.10. The number of rotatable bonds is 8. The standard InChI is InChI=1S/C31H31F3N4O3/c1-20-24(28(39)12-15-31(32,33)34)10-11-27-25(20)19-38(36-27)18-21-13-16-37(17-14-21)30(40)23-8-6-22(7-9-23)26-4-3-5-29(35-26)41-2/h3-11,19,21H,12-18H2,1-2H3. The number of hydrogen-bond donors (Lipinski definition) is 0. The van der Waals surface area contributed by atoms with E-state index in [-0.39, 0.29) is 5.91 Å². The highest BCUT2D eigenvalue weighted by atomic mass is 19.4. The SMILES string of the molecule is COc1cccc(-c2ccc(C(=O)N3CCC(Cn4cc5c(C)c(C(=O)CCC(F)(F)F)ccc5n4)CC3)cc2)n1. The van der Waals surface area contributed by atoms with E-state index in [0.29, 0.717) is 53.6 Å². The number of likely N-dealkylation sites (tertiary alicyclic amines) is 1. The molecule has 0 unspecified atom stereocenters. The summed E-state index contributed by atoms with van der Waals surface area (Å²) >= 11 is 0. The number of fused-ring (bicyclic) bond motifs is 1. The Bertz CT molecular complexity index is 1560. The number of piperidine rings is 1. The molecule has 214 valence electrons. The minimum Gasteiger partial charge on any atom is -0.481 e. The zero-order valence-corrected chi connectivity index (χ0v) is 22.9. The van der Waals surface area contributed by atoms with Crippen molar-refractivity contribution < 1.29 is 27.5 Å². The predicted molar refractivity (Wildman–Crippen MR) is 149 cm³/mol. The van der Waals surface area contributed by atoms with Gasteiger partial charge in [-0.05, 0) is 61.6 Å². The van der Waals surface area contributed by atoms with Gasteiger partial charge in [0.1, 0.15) is 0 Å². The number of Topliss-reactive ketones (excluding diaryl/α,β-unsaturated/α-hetero) is 1. The molecule has 0 bridgehead atoms. The van der Waals surface area contributed by atoms with E-state index in [1.165, 1.54) is 0 Å². The Morgan fingerprint density at radius 2 is 1.76 bits per heavy atom. The lowest BCUT2D eigenvalue weighted by molar-refractivity contribution is -0.133. The summed E-state index contributed by atoms with van der Waals surface area (Å²) in [5, 5.41) is 5.40. The zero-order chi connectivity index (χ0) is 29.1. The van der Waals surface area contributed by atoms with Crippen molar-refractivity contribution in [3.63, 3.8) is 0 Å². The quantitative estimate of drug-likeness (QED) is 0.229. The summed E-state index contributed by atoms with van der Waals surface area (Å²) in [6.45, 7) is 3.69. The Morgan fingerprint density at radius 3 is 2.44 bits per heavy atom. The molecule has 0 atom stereocenters. The number of alkyl halides is 3. The van der Waals surface area contributed by atoms with E-state index in [2.05, 4.69) is 10.1 Å². The average molecular weight is 565 g/mol. The number of benzene rings is 2. The number of nitrogens with zero attached hydrogens (tertiary/aromatic N) is 4. The van der Waals surface area contributed by atoms with Crippen LogP contribution in [0.4, 0.5) is 13.2 Å². The summed E-state index contributed by atoms with van der Waals surface area (Å²) < 4.78 is 44.7. The number of methoxy groups -OCH3 is 1. The van der Waals surface area contributed by atoms with Crippen LogP contribution in [0.5, 0.6) is 5.88 Å². The third-order valence-electron chi connectivity index (χ3n) is 7.65. The summed E-state index contributed by atoms with van der Waals surface area (Å²) in [5.74, 6) is 0.335. The molecule has 4 aromatic rings. The maximum atomic E-state index is 13.1. The molecule has 3 heterocycles. The van der Waals surface area contributed by atoms with Gasteiger partial charge in [-0.3, -0.25) is 14.3 Å². The molecule has 0 spiro atoms. The molecule has 2 aromatic carbocycles. The first-order valence-electron chi connectivity index (χ1n) is 13.6. The molecule has 1 fully saturated rings. The lowest BCUT2D eigenvalue weighted by atomic mass is 9.96. The Balaban J connectivity index is 1.18. The van der Waals surface area contributed by atoms with Gasteiger partial charge >= 0.3 is 6.18 Å². The first-order valence-corrected chi connectivity index (χ1v) is 13.6. The molecule has 1 amide bonds. The average Bonchev–Trinajstić information content (AvgIpc) is 3.39. The van der Waals surface area contributed by atoms with Crippen LogP contribution < -0.4 is 4.74 Å². The van der Waals surface area contributed by atoms with Gasteiger partial charge in [-0.1, -0.05) is 18.2 Å². The second-order valence-corrected chi connectivity index (χ2v) is 10.4. The first kappa shape index (κ1) is 28.3. The van der Waals surface area contributed by atoms with Gasteiger partial charge in [0.25, 0.3) is 5.91 Å². The van der Waals surface area contributed by atoms with E-state index in [0.717, 1.165) is 29.5 Å². The van der Waals surface area contributed by atoms with Gasteiger partial charge < -0.3 is 9.64 Å². The van der Waals surface area contributed by atoms with Crippen molar-refractivity contribution in [3.8, 4) is 17.1 Å². The topological polar surface area (TPSA) is 77.3 Å². The molecule has 1 saturated heterocycles. The van der Waals surface area contributed by atoms with Crippen LogP contribution in [0.3, 0.4) is 0 Å². The Morgan fingerprint density at radius 1 is 1.02 bits per heavy atom. The number of aromatic nitrogens is 3. The van der Waals surface area contributed by atoms with Crippen molar-refractivity contribution in [1.29, 1.82) is 0 Å². The van der Waals surface area contributed by atoms with Gasteiger partial charge in [-0.25, -0.2) is 4.98 Å². The van der Waals surface area contributed by atoms with Crippen LogP contribution in [-0.4, -0.2) is 57.7 Å².